The molecule has 36 heavy (non-hydrogen) atoms. The molecular formula is C29H26F3NO3. The van der Waals surface area contributed by atoms with Gasteiger partial charge in [0.1, 0.15) is 5.75 Å². The molecule has 0 aliphatic carbocycles. The second-order valence-corrected chi connectivity index (χ2v) is 8.91. The second kappa shape index (κ2) is 10.4. The van der Waals surface area contributed by atoms with Crippen LogP contribution in [0.5, 0.6) is 5.75 Å². The Morgan fingerprint density at radius 2 is 1.50 bits per heavy atom. The van der Waals surface area contributed by atoms with Gasteiger partial charge in [0.2, 0.25) is 0 Å². The van der Waals surface area contributed by atoms with Crippen LogP contribution in [0.15, 0.2) is 72.8 Å². The van der Waals surface area contributed by atoms with Crippen LogP contribution in [0.4, 0.5) is 13.2 Å². The van der Waals surface area contributed by atoms with Crippen LogP contribution < -0.4 is 4.74 Å². The third-order valence-corrected chi connectivity index (χ3v) is 5.87. The Morgan fingerprint density at radius 3 is 2.08 bits per heavy atom. The Morgan fingerprint density at radius 1 is 0.889 bits per heavy atom. The normalized spacial score (nSPS) is 11.6. The molecule has 1 aromatic heterocycles. The van der Waals surface area contributed by atoms with Crippen molar-refractivity contribution in [3.8, 4) is 28.1 Å². The van der Waals surface area contributed by atoms with E-state index in [1.54, 1.807) is 0 Å². The van der Waals surface area contributed by atoms with E-state index in [1.165, 1.54) is 19.2 Å². The first-order chi connectivity index (χ1) is 17.2. The summed E-state index contributed by atoms with van der Waals surface area (Å²) >= 11 is 0. The summed E-state index contributed by atoms with van der Waals surface area (Å²) in [6.07, 6.45) is -3.54. The minimum absolute atomic E-state index is 0.0285. The highest BCUT2D eigenvalue weighted by Gasteiger charge is 2.31. The molecule has 4 aromatic rings. The molecule has 0 atom stereocenters. The first kappa shape index (κ1) is 25.2. The minimum Gasteiger partial charge on any atom is -0.494 e. The Bertz CT molecular complexity index is 1360. The van der Waals surface area contributed by atoms with Gasteiger partial charge >= 0.3 is 12.1 Å². The molecule has 0 aliphatic rings. The molecular weight excluding hydrogens is 467 g/mol. The third-order valence-electron chi connectivity index (χ3n) is 5.87. The van der Waals surface area contributed by atoms with Crippen molar-refractivity contribution in [2.75, 3.05) is 13.7 Å². The summed E-state index contributed by atoms with van der Waals surface area (Å²) in [5.74, 6) is 0.677. The zero-order valence-electron chi connectivity index (χ0n) is 20.2. The maximum atomic E-state index is 13.2. The van der Waals surface area contributed by atoms with Crippen LogP contribution in [0, 0.1) is 5.92 Å². The third kappa shape index (κ3) is 5.67. The molecule has 4 rings (SSSR count). The Labute approximate surface area is 207 Å². The molecule has 0 amide bonds. The Kier molecular flexibility index (Phi) is 7.29. The molecule has 0 aliphatic heterocycles. The van der Waals surface area contributed by atoms with Crippen LogP contribution in [0.2, 0.25) is 0 Å². The van der Waals surface area contributed by atoms with E-state index in [4.69, 9.17) is 9.47 Å². The van der Waals surface area contributed by atoms with Crippen molar-refractivity contribution in [3.63, 3.8) is 0 Å². The van der Waals surface area contributed by atoms with Gasteiger partial charge in [0.05, 0.1) is 36.1 Å². The van der Waals surface area contributed by atoms with Crippen LogP contribution in [0.3, 0.4) is 0 Å². The number of rotatable bonds is 7. The van der Waals surface area contributed by atoms with E-state index in [-0.39, 0.29) is 16.5 Å². The molecule has 0 fully saturated rings. The number of benzene rings is 3. The number of nitrogens with zero attached hydrogens (tertiary/aromatic N) is 1. The number of ether oxygens (including phenoxy) is 2. The number of carbonyl (C=O) groups excluding carboxylic acids is 1. The lowest BCUT2D eigenvalue weighted by Crippen LogP contribution is -2.07. The number of methoxy groups -OCH3 is 1. The first-order valence-corrected chi connectivity index (χ1v) is 11.6. The minimum atomic E-state index is -4.53. The summed E-state index contributed by atoms with van der Waals surface area (Å²) in [5.41, 5.74) is 2.63. The number of carbonyl (C=O) groups is 1. The molecule has 4 nitrogen and oxygen atoms in total. The number of halogens is 3. The summed E-state index contributed by atoms with van der Waals surface area (Å²) in [7, 11) is 1.19. The van der Waals surface area contributed by atoms with Crippen molar-refractivity contribution < 1.29 is 27.4 Å². The lowest BCUT2D eigenvalue weighted by Gasteiger charge is -2.12. The summed E-state index contributed by atoms with van der Waals surface area (Å²) in [6.45, 7) is 4.99. The standard InChI is InChI=1S/C29H26F3NO3/c1-18(2)14-15-36-23-11-8-20(9-12-23)19-4-6-21(7-5-19)27-17-25(28(34)35-3)24-16-22(29(30,31)32)10-13-26(24)33-27/h4-13,16-18H,14-15H2,1-3H3. The predicted octanol–water partition coefficient (Wildman–Crippen LogP) is 7.80. The zero-order valence-corrected chi connectivity index (χ0v) is 20.2. The largest absolute Gasteiger partial charge is 0.494 e. The van der Waals surface area contributed by atoms with Gasteiger partial charge in [-0.3, -0.25) is 0 Å². The van der Waals surface area contributed by atoms with Gasteiger partial charge in [0, 0.05) is 10.9 Å². The molecule has 0 saturated carbocycles. The number of aromatic nitrogens is 1. The molecule has 3 aromatic carbocycles. The molecule has 0 N–H and O–H groups in total. The van der Waals surface area contributed by atoms with Crippen LogP contribution in [0.25, 0.3) is 33.3 Å². The first-order valence-electron chi connectivity index (χ1n) is 11.6. The van der Waals surface area contributed by atoms with E-state index < -0.39 is 17.7 Å². The quantitative estimate of drug-likeness (QED) is 0.247. The number of fused-ring (bicyclic) bond motifs is 1. The summed E-state index contributed by atoms with van der Waals surface area (Å²) in [5, 5.41) is 0.0905. The fourth-order valence-corrected chi connectivity index (χ4v) is 3.82. The van der Waals surface area contributed by atoms with Gasteiger partial charge < -0.3 is 9.47 Å². The number of hydrogen-bond acceptors (Lipinski definition) is 4. The summed E-state index contributed by atoms with van der Waals surface area (Å²) in [6, 6.07) is 20.1. The van der Waals surface area contributed by atoms with E-state index in [2.05, 4.69) is 18.8 Å². The van der Waals surface area contributed by atoms with Gasteiger partial charge in [-0.1, -0.05) is 50.2 Å². The molecule has 0 bridgehead atoms. The van der Waals surface area contributed by atoms with Gasteiger partial charge in [-0.2, -0.15) is 13.2 Å². The topological polar surface area (TPSA) is 48.4 Å². The maximum Gasteiger partial charge on any atom is 0.416 e. The van der Waals surface area contributed by atoms with Crippen molar-refractivity contribution in [1.29, 1.82) is 0 Å². The highest BCUT2D eigenvalue weighted by Crippen LogP contribution is 2.34. The van der Waals surface area contributed by atoms with Crippen LogP contribution in [-0.2, 0) is 10.9 Å². The molecule has 186 valence electrons. The number of esters is 1. The van der Waals surface area contributed by atoms with Crippen LogP contribution in [0.1, 0.15) is 36.2 Å². The van der Waals surface area contributed by atoms with Crippen molar-refractivity contribution in [2.45, 2.75) is 26.4 Å². The Hall–Kier alpha value is -3.87. The molecule has 7 heteroatoms. The average Bonchev–Trinajstić information content (AvgIpc) is 2.87. The van der Waals surface area contributed by atoms with Gasteiger partial charge in [-0.15, -0.1) is 0 Å². The van der Waals surface area contributed by atoms with Crippen molar-refractivity contribution >= 4 is 16.9 Å². The fraction of sp³-hybridized carbons (Fsp3) is 0.241. The average molecular weight is 494 g/mol. The lowest BCUT2D eigenvalue weighted by molar-refractivity contribution is -0.137. The monoisotopic (exact) mass is 493 g/mol. The predicted molar refractivity (Wildman–Crippen MR) is 134 cm³/mol. The lowest BCUT2D eigenvalue weighted by atomic mass is 10.00. The fourth-order valence-electron chi connectivity index (χ4n) is 3.82. The maximum absolute atomic E-state index is 13.2. The number of pyridine rings is 1. The van der Waals surface area contributed by atoms with Crippen molar-refractivity contribution in [2.24, 2.45) is 5.92 Å². The summed E-state index contributed by atoms with van der Waals surface area (Å²) in [4.78, 5) is 16.9. The molecule has 0 spiro atoms. The van der Waals surface area contributed by atoms with Crippen LogP contribution >= 0.6 is 0 Å². The molecule has 1 heterocycles. The summed E-state index contributed by atoms with van der Waals surface area (Å²) < 4.78 is 50.2. The molecule has 0 radical (unpaired) electrons. The van der Waals surface area contributed by atoms with E-state index in [0.29, 0.717) is 18.2 Å². The van der Waals surface area contributed by atoms with Crippen LogP contribution in [-0.4, -0.2) is 24.7 Å². The van der Waals surface area contributed by atoms with Gasteiger partial charge in [0.25, 0.3) is 0 Å². The van der Waals surface area contributed by atoms with Gasteiger partial charge in [-0.05, 0) is 59.9 Å². The highest BCUT2D eigenvalue weighted by molar-refractivity contribution is 6.04. The second-order valence-electron chi connectivity index (χ2n) is 8.91. The van der Waals surface area contributed by atoms with E-state index in [9.17, 15) is 18.0 Å². The van der Waals surface area contributed by atoms with E-state index in [0.717, 1.165) is 41.0 Å². The molecule has 0 saturated heterocycles. The Balaban J connectivity index is 1.62. The highest BCUT2D eigenvalue weighted by atomic mass is 19.4. The van der Waals surface area contributed by atoms with Crippen molar-refractivity contribution in [3.05, 3.63) is 83.9 Å². The zero-order chi connectivity index (χ0) is 25.9. The van der Waals surface area contributed by atoms with E-state index in [1.807, 2.05) is 48.5 Å². The van der Waals surface area contributed by atoms with E-state index >= 15 is 0 Å². The van der Waals surface area contributed by atoms with Gasteiger partial charge in [0.15, 0.2) is 0 Å². The molecule has 0 unspecified atom stereocenters. The number of alkyl halides is 3. The number of hydrogen-bond donors (Lipinski definition) is 0. The van der Waals surface area contributed by atoms with Crippen molar-refractivity contribution in [1.82, 2.24) is 4.98 Å². The smallest absolute Gasteiger partial charge is 0.416 e. The SMILES string of the molecule is COC(=O)c1cc(-c2ccc(-c3ccc(OCCC(C)C)cc3)cc2)nc2ccc(C(F)(F)F)cc12. The van der Waals surface area contributed by atoms with Gasteiger partial charge in [-0.25, -0.2) is 9.78 Å².